The van der Waals surface area contributed by atoms with Crippen LogP contribution >= 0.6 is 0 Å². The Balaban J connectivity index is 1.63. The van der Waals surface area contributed by atoms with Crippen LogP contribution in [0.2, 0.25) is 0 Å². The second-order valence-corrected chi connectivity index (χ2v) is 8.58. The van der Waals surface area contributed by atoms with Crippen LogP contribution in [-0.4, -0.2) is 33.0 Å². The van der Waals surface area contributed by atoms with Crippen LogP contribution in [0.15, 0.2) is 64.1 Å². The maximum Gasteiger partial charge on any atom is 0.321 e. The number of anilines is 1. The minimum Gasteiger partial charge on any atom is -0.496 e. The van der Waals surface area contributed by atoms with Crippen LogP contribution in [0, 0.1) is 15.9 Å². The Hall–Kier alpha value is -3.97. The van der Waals surface area contributed by atoms with Crippen LogP contribution in [0.1, 0.15) is 11.3 Å². The summed E-state index contributed by atoms with van der Waals surface area (Å²) >= 11 is 0. The van der Waals surface area contributed by atoms with Crippen molar-refractivity contribution in [3.8, 4) is 5.75 Å². The summed E-state index contributed by atoms with van der Waals surface area (Å²) < 4.78 is 55.7. The van der Waals surface area contributed by atoms with Crippen molar-refractivity contribution in [1.29, 1.82) is 0 Å². The average Bonchev–Trinajstić information content (AvgIpc) is 3.33. The first-order valence-corrected chi connectivity index (χ1v) is 11.2. The van der Waals surface area contributed by atoms with E-state index >= 15 is 0 Å². The number of nitro benzene ring substituents is 1. The Bertz CT molecular complexity index is 1280. The van der Waals surface area contributed by atoms with Crippen molar-refractivity contribution < 1.29 is 36.4 Å². The molecule has 0 saturated carbocycles. The van der Waals surface area contributed by atoms with Crippen molar-refractivity contribution in [1.82, 2.24) is 4.72 Å². The van der Waals surface area contributed by atoms with Crippen molar-refractivity contribution in [3.05, 3.63) is 82.0 Å². The standard InChI is InChI=1S/C21H20FN3O8S/c1-31-20-7-4-15(22)9-14(20)13-33-21(26)12-24-34(29,30)17-5-6-18(19(10-17)25(27)28)23-11-16-3-2-8-32-16/h2-10,23-24H,11-13H2,1H3. The highest BCUT2D eigenvalue weighted by atomic mass is 32.2. The first-order valence-electron chi connectivity index (χ1n) is 9.72. The molecule has 0 amide bonds. The maximum absolute atomic E-state index is 13.4. The molecule has 0 unspecified atom stereocenters. The zero-order valence-corrected chi connectivity index (χ0v) is 18.6. The average molecular weight is 493 g/mol. The fourth-order valence-electron chi connectivity index (χ4n) is 2.88. The van der Waals surface area contributed by atoms with Crippen LogP contribution in [0.5, 0.6) is 5.75 Å². The third-order valence-corrected chi connectivity index (χ3v) is 5.95. The van der Waals surface area contributed by atoms with Gasteiger partial charge in [0.05, 0.1) is 29.7 Å². The van der Waals surface area contributed by atoms with E-state index in [0.717, 1.165) is 18.2 Å². The molecule has 0 radical (unpaired) electrons. The number of benzene rings is 2. The first kappa shape index (κ1) is 24.7. The van der Waals surface area contributed by atoms with Crippen LogP contribution in [0.4, 0.5) is 15.8 Å². The van der Waals surface area contributed by atoms with E-state index in [4.69, 9.17) is 13.9 Å². The van der Waals surface area contributed by atoms with E-state index in [2.05, 4.69) is 5.32 Å². The van der Waals surface area contributed by atoms with E-state index in [9.17, 15) is 27.7 Å². The van der Waals surface area contributed by atoms with E-state index in [1.165, 1.54) is 31.6 Å². The number of esters is 1. The van der Waals surface area contributed by atoms with Gasteiger partial charge < -0.3 is 19.2 Å². The first-order chi connectivity index (χ1) is 16.2. The SMILES string of the molecule is COc1ccc(F)cc1COC(=O)CNS(=O)(=O)c1ccc(NCc2ccco2)c([N+](=O)[O-])c1. The van der Waals surface area contributed by atoms with Crippen molar-refractivity contribution in [2.24, 2.45) is 0 Å². The molecule has 0 atom stereocenters. The van der Waals surface area contributed by atoms with E-state index in [-0.39, 0.29) is 24.4 Å². The summed E-state index contributed by atoms with van der Waals surface area (Å²) in [5, 5.41) is 14.3. The molecule has 1 aromatic heterocycles. The molecular weight excluding hydrogens is 473 g/mol. The lowest BCUT2D eigenvalue weighted by Gasteiger charge is -2.11. The summed E-state index contributed by atoms with van der Waals surface area (Å²) in [6.07, 6.45) is 1.45. The number of furan rings is 1. The number of nitro groups is 1. The van der Waals surface area contributed by atoms with Crippen LogP contribution in [0.25, 0.3) is 0 Å². The second kappa shape index (κ2) is 10.8. The maximum atomic E-state index is 13.4. The summed E-state index contributed by atoms with van der Waals surface area (Å²) in [5.74, 6) is -0.678. The number of hydrogen-bond donors (Lipinski definition) is 2. The van der Waals surface area contributed by atoms with Gasteiger partial charge in [0.1, 0.15) is 36.2 Å². The molecule has 11 nitrogen and oxygen atoms in total. The van der Waals surface area contributed by atoms with E-state index in [1.807, 2.05) is 4.72 Å². The van der Waals surface area contributed by atoms with Crippen molar-refractivity contribution in [2.45, 2.75) is 18.0 Å². The van der Waals surface area contributed by atoms with Gasteiger partial charge in [0.25, 0.3) is 5.69 Å². The number of carbonyl (C=O) groups excluding carboxylic acids is 1. The predicted molar refractivity (Wildman–Crippen MR) is 117 cm³/mol. The lowest BCUT2D eigenvalue weighted by atomic mass is 10.2. The number of halogens is 1. The van der Waals surface area contributed by atoms with Gasteiger partial charge in [0, 0.05) is 11.6 Å². The molecular formula is C21H20FN3O8S. The third-order valence-electron chi connectivity index (χ3n) is 4.55. The molecule has 0 aliphatic rings. The Labute approximate surface area is 193 Å². The summed E-state index contributed by atoms with van der Waals surface area (Å²) in [4.78, 5) is 22.3. The van der Waals surface area contributed by atoms with Gasteiger partial charge in [-0.1, -0.05) is 0 Å². The highest BCUT2D eigenvalue weighted by Crippen LogP contribution is 2.28. The Morgan fingerprint density at radius 3 is 2.68 bits per heavy atom. The number of nitrogens with zero attached hydrogens (tertiary/aromatic N) is 1. The molecule has 2 aromatic carbocycles. The molecule has 13 heteroatoms. The van der Waals surface area contributed by atoms with Gasteiger partial charge in [-0.05, 0) is 42.5 Å². The Morgan fingerprint density at radius 1 is 1.21 bits per heavy atom. The second-order valence-electron chi connectivity index (χ2n) is 6.81. The fourth-order valence-corrected chi connectivity index (χ4v) is 3.87. The van der Waals surface area contributed by atoms with Gasteiger partial charge in [-0.2, -0.15) is 4.72 Å². The molecule has 0 fully saturated rings. The lowest BCUT2D eigenvalue weighted by Crippen LogP contribution is -2.30. The van der Waals surface area contributed by atoms with Gasteiger partial charge >= 0.3 is 5.97 Å². The zero-order chi connectivity index (χ0) is 24.7. The van der Waals surface area contributed by atoms with Gasteiger partial charge in [-0.15, -0.1) is 0 Å². The predicted octanol–water partition coefficient (Wildman–Crippen LogP) is 2.97. The molecule has 34 heavy (non-hydrogen) atoms. The number of sulfonamides is 1. The largest absolute Gasteiger partial charge is 0.496 e. The number of methoxy groups -OCH3 is 1. The van der Waals surface area contributed by atoms with Gasteiger partial charge in [0.2, 0.25) is 10.0 Å². The topological polar surface area (TPSA) is 150 Å². The van der Waals surface area contributed by atoms with Crippen LogP contribution in [0.3, 0.4) is 0 Å². The van der Waals surface area contributed by atoms with E-state index < -0.39 is 43.9 Å². The number of carbonyl (C=O) groups is 1. The van der Waals surface area contributed by atoms with Crippen molar-refractivity contribution >= 4 is 27.4 Å². The molecule has 0 bridgehead atoms. The van der Waals surface area contributed by atoms with Gasteiger partial charge in [0.15, 0.2) is 0 Å². The molecule has 180 valence electrons. The Morgan fingerprint density at radius 2 is 2.00 bits per heavy atom. The normalized spacial score (nSPS) is 11.1. The van der Waals surface area contributed by atoms with Gasteiger partial charge in [-0.3, -0.25) is 14.9 Å². The zero-order valence-electron chi connectivity index (χ0n) is 17.8. The van der Waals surface area contributed by atoms with E-state index in [1.54, 1.807) is 12.1 Å². The number of ether oxygens (including phenoxy) is 2. The number of rotatable bonds is 11. The van der Waals surface area contributed by atoms with Gasteiger partial charge in [-0.25, -0.2) is 12.8 Å². The smallest absolute Gasteiger partial charge is 0.321 e. The van der Waals surface area contributed by atoms with E-state index in [0.29, 0.717) is 11.5 Å². The molecule has 0 aliphatic carbocycles. The monoisotopic (exact) mass is 493 g/mol. The Kier molecular flexibility index (Phi) is 7.81. The molecule has 0 saturated heterocycles. The summed E-state index contributed by atoms with van der Waals surface area (Å²) in [5.41, 5.74) is -0.133. The number of hydrogen-bond acceptors (Lipinski definition) is 9. The highest BCUT2D eigenvalue weighted by Gasteiger charge is 2.22. The molecule has 2 N–H and O–H groups in total. The lowest BCUT2D eigenvalue weighted by molar-refractivity contribution is -0.384. The molecule has 0 spiro atoms. The number of nitrogens with one attached hydrogen (secondary N) is 2. The van der Waals surface area contributed by atoms with Crippen molar-refractivity contribution in [2.75, 3.05) is 19.0 Å². The summed E-state index contributed by atoms with van der Waals surface area (Å²) in [7, 11) is -2.91. The van der Waals surface area contributed by atoms with Crippen LogP contribution in [-0.2, 0) is 32.7 Å². The molecule has 3 aromatic rings. The minimum absolute atomic E-state index is 0.0869. The highest BCUT2D eigenvalue weighted by molar-refractivity contribution is 7.89. The van der Waals surface area contributed by atoms with Crippen molar-refractivity contribution in [3.63, 3.8) is 0 Å². The molecule has 0 aliphatic heterocycles. The summed E-state index contributed by atoms with van der Waals surface area (Å²) in [6, 6.07) is 10.3. The fraction of sp³-hybridized carbons (Fsp3) is 0.190. The third kappa shape index (κ3) is 6.30. The molecule has 1 heterocycles. The summed E-state index contributed by atoms with van der Waals surface area (Å²) in [6.45, 7) is -0.935. The molecule has 3 rings (SSSR count). The van der Waals surface area contributed by atoms with Crippen LogP contribution < -0.4 is 14.8 Å². The quantitative estimate of drug-likeness (QED) is 0.233. The minimum atomic E-state index is -4.28.